The summed E-state index contributed by atoms with van der Waals surface area (Å²) in [5.41, 5.74) is 1.30. The first-order valence-electron chi connectivity index (χ1n) is 6.10. The normalized spacial score (nSPS) is 10.6. The largest absolute Gasteiger partial charge is 0.383 e. The van der Waals surface area contributed by atoms with Gasteiger partial charge < -0.3 is 9.64 Å². The molecule has 0 fully saturated rings. The van der Waals surface area contributed by atoms with Crippen LogP contribution in [0.25, 0.3) is 10.9 Å². The molecule has 1 amide bonds. The van der Waals surface area contributed by atoms with Gasteiger partial charge in [0.25, 0.3) is 5.91 Å². The summed E-state index contributed by atoms with van der Waals surface area (Å²) in [6.45, 7) is 5.15. The number of aromatic amines is 1. The molecule has 1 aromatic heterocycles. The number of hydrogen-bond acceptors (Lipinski definition) is 3. The van der Waals surface area contributed by atoms with Gasteiger partial charge in [-0.15, -0.1) is 6.58 Å². The van der Waals surface area contributed by atoms with Gasteiger partial charge >= 0.3 is 0 Å². The molecule has 100 valence electrons. The zero-order chi connectivity index (χ0) is 13.7. The lowest BCUT2D eigenvalue weighted by Crippen LogP contribution is -2.34. The van der Waals surface area contributed by atoms with Crippen LogP contribution in [-0.4, -0.2) is 47.8 Å². The van der Waals surface area contributed by atoms with E-state index in [0.29, 0.717) is 25.4 Å². The molecule has 19 heavy (non-hydrogen) atoms. The third-order valence-corrected chi connectivity index (χ3v) is 2.87. The lowest BCUT2D eigenvalue weighted by molar-refractivity contribution is 0.0714. The Hall–Kier alpha value is -2.14. The molecule has 0 aliphatic carbocycles. The van der Waals surface area contributed by atoms with E-state index in [1.54, 1.807) is 18.1 Å². The molecule has 0 radical (unpaired) electrons. The number of hydrogen-bond donors (Lipinski definition) is 1. The van der Waals surface area contributed by atoms with Gasteiger partial charge in [-0.2, -0.15) is 5.10 Å². The van der Waals surface area contributed by atoms with E-state index in [0.717, 1.165) is 10.9 Å². The summed E-state index contributed by atoms with van der Waals surface area (Å²) < 4.78 is 5.02. The van der Waals surface area contributed by atoms with Gasteiger partial charge in [-0.3, -0.25) is 9.89 Å². The molecule has 0 spiro atoms. The number of nitrogens with one attached hydrogen (secondary N) is 1. The van der Waals surface area contributed by atoms with E-state index in [-0.39, 0.29) is 5.91 Å². The molecule has 1 aromatic carbocycles. The highest BCUT2D eigenvalue weighted by Crippen LogP contribution is 2.16. The Morgan fingerprint density at radius 1 is 1.53 bits per heavy atom. The second-order valence-corrected chi connectivity index (χ2v) is 4.15. The van der Waals surface area contributed by atoms with E-state index < -0.39 is 0 Å². The van der Waals surface area contributed by atoms with Crippen molar-refractivity contribution in [3.63, 3.8) is 0 Å². The molecule has 0 bridgehead atoms. The maximum atomic E-state index is 12.5. The average Bonchev–Trinajstić information content (AvgIpc) is 2.86. The van der Waals surface area contributed by atoms with Crippen molar-refractivity contribution >= 4 is 16.8 Å². The molecule has 0 aliphatic heterocycles. The minimum Gasteiger partial charge on any atom is -0.383 e. The molecule has 0 saturated heterocycles. The van der Waals surface area contributed by atoms with Crippen molar-refractivity contribution in [2.24, 2.45) is 0 Å². The zero-order valence-corrected chi connectivity index (χ0v) is 10.9. The number of amides is 1. The van der Waals surface area contributed by atoms with Crippen LogP contribution in [0.5, 0.6) is 0 Å². The van der Waals surface area contributed by atoms with E-state index in [1.807, 2.05) is 24.3 Å². The highest BCUT2D eigenvalue weighted by molar-refractivity contribution is 6.04. The second-order valence-electron chi connectivity index (χ2n) is 4.15. The van der Waals surface area contributed by atoms with Gasteiger partial charge in [0.1, 0.15) is 0 Å². The number of carbonyl (C=O) groups excluding carboxylic acids is 1. The van der Waals surface area contributed by atoms with Crippen molar-refractivity contribution in [3.8, 4) is 0 Å². The summed E-state index contributed by atoms with van der Waals surface area (Å²) >= 11 is 0. The highest BCUT2D eigenvalue weighted by Gasteiger charge is 2.19. The number of nitrogens with zero attached hydrogens (tertiary/aromatic N) is 2. The number of rotatable bonds is 6. The van der Waals surface area contributed by atoms with Gasteiger partial charge in [0.05, 0.1) is 12.1 Å². The summed E-state index contributed by atoms with van der Waals surface area (Å²) in [4.78, 5) is 14.1. The zero-order valence-electron chi connectivity index (χ0n) is 10.9. The van der Waals surface area contributed by atoms with Crippen molar-refractivity contribution in [2.75, 3.05) is 26.8 Å². The number of carbonyl (C=O) groups is 1. The van der Waals surface area contributed by atoms with Crippen molar-refractivity contribution in [1.29, 1.82) is 0 Å². The first-order valence-corrected chi connectivity index (χ1v) is 6.10. The maximum Gasteiger partial charge on any atom is 0.275 e. The van der Waals surface area contributed by atoms with Crippen molar-refractivity contribution < 1.29 is 9.53 Å². The van der Waals surface area contributed by atoms with Crippen LogP contribution in [0.2, 0.25) is 0 Å². The fourth-order valence-corrected chi connectivity index (χ4v) is 1.91. The Balaban J connectivity index is 2.27. The van der Waals surface area contributed by atoms with E-state index in [2.05, 4.69) is 16.8 Å². The predicted octanol–water partition coefficient (Wildman–Crippen LogP) is 1.84. The van der Waals surface area contributed by atoms with Crippen molar-refractivity contribution in [3.05, 3.63) is 42.6 Å². The molecule has 1 N–H and O–H groups in total. The number of aromatic nitrogens is 2. The Morgan fingerprint density at radius 3 is 3.05 bits per heavy atom. The van der Waals surface area contributed by atoms with Crippen LogP contribution in [0.15, 0.2) is 36.9 Å². The number of fused-ring (bicyclic) bond motifs is 1. The molecular weight excluding hydrogens is 242 g/mol. The third-order valence-electron chi connectivity index (χ3n) is 2.87. The van der Waals surface area contributed by atoms with E-state index in [4.69, 9.17) is 4.74 Å². The molecule has 2 rings (SSSR count). The monoisotopic (exact) mass is 259 g/mol. The fourth-order valence-electron chi connectivity index (χ4n) is 1.91. The molecule has 0 saturated carbocycles. The summed E-state index contributed by atoms with van der Waals surface area (Å²) in [5, 5.41) is 7.82. The first-order chi connectivity index (χ1) is 9.27. The summed E-state index contributed by atoms with van der Waals surface area (Å²) in [7, 11) is 1.61. The molecule has 0 unspecified atom stereocenters. The fraction of sp³-hybridized carbons (Fsp3) is 0.286. The third kappa shape index (κ3) is 2.82. The van der Waals surface area contributed by atoms with Crippen LogP contribution in [0.1, 0.15) is 10.5 Å². The van der Waals surface area contributed by atoms with E-state index in [1.165, 1.54) is 0 Å². The second kappa shape index (κ2) is 6.15. The Labute approximate surface area is 111 Å². The highest BCUT2D eigenvalue weighted by atomic mass is 16.5. The standard InChI is InChI=1S/C14H17N3O2/c1-3-8-17(9-10-19-2)14(18)13-11-6-4-5-7-12(11)15-16-13/h3-7H,1,8-10H2,2H3,(H,15,16). The maximum absolute atomic E-state index is 12.5. The number of para-hydroxylation sites is 1. The smallest absolute Gasteiger partial charge is 0.275 e. The topological polar surface area (TPSA) is 58.2 Å². The Kier molecular flexibility index (Phi) is 4.30. The minimum atomic E-state index is -0.116. The van der Waals surface area contributed by atoms with Gasteiger partial charge in [-0.25, -0.2) is 0 Å². The molecule has 1 heterocycles. The van der Waals surface area contributed by atoms with Gasteiger partial charge in [0.2, 0.25) is 0 Å². The van der Waals surface area contributed by atoms with Crippen LogP contribution in [0.4, 0.5) is 0 Å². The molecule has 0 atom stereocenters. The quantitative estimate of drug-likeness (QED) is 0.805. The van der Waals surface area contributed by atoms with Crippen LogP contribution >= 0.6 is 0 Å². The lowest BCUT2D eigenvalue weighted by atomic mass is 10.2. The van der Waals surface area contributed by atoms with Gasteiger partial charge in [0, 0.05) is 25.6 Å². The van der Waals surface area contributed by atoms with E-state index in [9.17, 15) is 4.79 Å². The van der Waals surface area contributed by atoms with Gasteiger partial charge in [-0.1, -0.05) is 24.3 Å². The Bertz CT molecular complexity index is 577. The molecule has 5 heteroatoms. The summed E-state index contributed by atoms with van der Waals surface area (Å²) in [6, 6.07) is 7.57. The Morgan fingerprint density at radius 2 is 2.32 bits per heavy atom. The van der Waals surface area contributed by atoms with E-state index >= 15 is 0 Å². The van der Waals surface area contributed by atoms with Gasteiger partial charge in [-0.05, 0) is 6.07 Å². The van der Waals surface area contributed by atoms with Crippen LogP contribution in [0.3, 0.4) is 0 Å². The lowest BCUT2D eigenvalue weighted by Gasteiger charge is -2.19. The molecule has 0 aliphatic rings. The SMILES string of the molecule is C=CCN(CCOC)C(=O)c1n[nH]c2ccccc12. The van der Waals surface area contributed by atoms with Crippen molar-refractivity contribution in [2.45, 2.75) is 0 Å². The predicted molar refractivity (Wildman–Crippen MR) is 74.1 cm³/mol. The average molecular weight is 259 g/mol. The molecular formula is C14H17N3O2. The van der Waals surface area contributed by atoms with Crippen LogP contribution < -0.4 is 0 Å². The number of ether oxygens (including phenoxy) is 1. The summed E-state index contributed by atoms with van der Waals surface area (Å²) in [5.74, 6) is -0.116. The first kappa shape index (κ1) is 13.3. The number of H-pyrrole nitrogens is 1. The van der Waals surface area contributed by atoms with Gasteiger partial charge in [0.15, 0.2) is 5.69 Å². The number of methoxy groups -OCH3 is 1. The summed E-state index contributed by atoms with van der Waals surface area (Å²) in [6.07, 6.45) is 1.70. The number of benzene rings is 1. The molecule has 5 nitrogen and oxygen atoms in total. The molecule has 2 aromatic rings. The minimum absolute atomic E-state index is 0.116. The van der Waals surface area contributed by atoms with Crippen molar-refractivity contribution in [1.82, 2.24) is 15.1 Å². The van der Waals surface area contributed by atoms with Crippen LogP contribution in [0, 0.1) is 0 Å². The van der Waals surface area contributed by atoms with Crippen LogP contribution in [-0.2, 0) is 4.74 Å².